The fraction of sp³-hybridized carbons (Fsp3) is 0.571. The molecule has 0 aliphatic carbocycles. The van der Waals surface area contributed by atoms with Gasteiger partial charge < -0.3 is 10.0 Å². The van der Waals surface area contributed by atoms with Gasteiger partial charge in [-0.25, -0.2) is 9.97 Å². The molecule has 0 aromatic carbocycles. The molecule has 2 bridgehead atoms. The van der Waals surface area contributed by atoms with E-state index in [1.807, 2.05) is 0 Å². The molecule has 104 valence electrons. The van der Waals surface area contributed by atoms with Crippen LogP contribution in [0.5, 0.6) is 0 Å². The highest BCUT2D eigenvalue weighted by Crippen LogP contribution is 2.42. The average Bonchev–Trinajstić information content (AvgIpc) is 2.69. The second kappa shape index (κ2) is 5.08. The van der Waals surface area contributed by atoms with Crippen LogP contribution in [0.25, 0.3) is 0 Å². The highest BCUT2D eigenvalue weighted by atomic mass is 16.4. The monoisotopic (exact) mass is 272 g/mol. The Kier molecular flexibility index (Phi) is 3.26. The fourth-order valence-electron chi connectivity index (χ4n) is 3.65. The fourth-order valence-corrected chi connectivity index (χ4v) is 3.65. The number of carbonyl (C=O) groups is 1. The third-order valence-corrected chi connectivity index (χ3v) is 4.32. The molecule has 3 rings (SSSR count). The zero-order valence-electron chi connectivity index (χ0n) is 11.1. The van der Waals surface area contributed by atoms with E-state index in [1.165, 1.54) is 6.20 Å². The highest BCUT2D eigenvalue weighted by molar-refractivity contribution is 5.67. The Labute approximate surface area is 117 Å². The molecule has 3 heterocycles. The number of hydrogen-bond donors (Lipinski definition) is 1. The van der Waals surface area contributed by atoms with Gasteiger partial charge in [0, 0.05) is 30.9 Å². The van der Waals surface area contributed by atoms with E-state index in [1.54, 1.807) is 6.20 Å². The minimum absolute atomic E-state index is 0.239. The van der Waals surface area contributed by atoms with Crippen LogP contribution in [-0.4, -0.2) is 33.1 Å². The normalized spacial score (nSPS) is 28.1. The number of nitriles is 1. The molecule has 1 N–H and O–H groups in total. The summed E-state index contributed by atoms with van der Waals surface area (Å²) in [6.45, 7) is 0. The molecule has 1 aromatic rings. The molecule has 2 aliphatic rings. The number of hydrogen-bond acceptors (Lipinski definition) is 5. The molecular weight excluding hydrogens is 256 g/mol. The number of carboxylic acids is 1. The molecular formula is C14H16N4O2. The van der Waals surface area contributed by atoms with E-state index in [-0.39, 0.29) is 12.3 Å². The predicted octanol–water partition coefficient (Wildman–Crippen LogP) is 1.57. The lowest BCUT2D eigenvalue weighted by atomic mass is 9.88. The van der Waals surface area contributed by atoms with Gasteiger partial charge in [-0.15, -0.1) is 0 Å². The maximum atomic E-state index is 10.9. The van der Waals surface area contributed by atoms with E-state index in [0.29, 0.717) is 23.6 Å². The van der Waals surface area contributed by atoms with Gasteiger partial charge in [-0.1, -0.05) is 0 Å². The number of anilines is 1. The summed E-state index contributed by atoms with van der Waals surface area (Å²) in [5.74, 6) is 0.180. The van der Waals surface area contributed by atoms with Gasteiger partial charge in [-0.05, 0) is 31.6 Å². The Balaban J connectivity index is 1.84. The van der Waals surface area contributed by atoms with Crippen molar-refractivity contribution in [2.75, 3.05) is 4.90 Å². The van der Waals surface area contributed by atoms with E-state index < -0.39 is 5.97 Å². The van der Waals surface area contributed by atoms with E-state index in [4.69, 9.17) is 10.4 Å². The lowest BCUT2D eigenvalue weighted by molar-refractivity contribution is -0.138. The van der Waals surface area contributed by atoms with Crippen LogP contribution in [0.2, 0.25) is 0 Å². The second-order valence-corrected chi connectivity index (χ2v) is 5.57. The lowest BCUT2D eigenvalue weighted by Crippen LogP contribution is -2.44. The van der Waals surface area contributed by atoms with E-state index in [2.05, 4.69) is 20.9 Å². The molecule has 0 radical (unpaired) electrons. The standard InChI is InChI=1S/C14H16N4O2/c15-8-12-14(17-4-3-16-12)18-10-1-2-11(18)6-9(5-10)7-13(19)20/h3-4,9-11H,1-2,5-7H2,(H,19,20). The molecule has 6 nitrogen and oxygen atoms in total. The van der Waals surface area contributed by atoms with Gasteiger partial charge in [0.2, 0.25) is 0 Å². The summed E-state index contributed by atoms with van der Waals surface area (Å²) in [5.41, 5.74) is 0.362. The molecule has 2 saturated heterocycles. The zero-order chi connectivity index (χ0) is 14.1. The summed E-state index contributed by atoms with van der Waals surface area (Å²) in [6.07, 6.45) is 7.20. The van der Waals surface area contributed by atoms with Gasteiger partial charge in [-0.2, -0.15) is 5.26 Å². The Morgan fingerprint density at radius 3 is 2.60 bits per heavy atom. The Bertz CT molecular complexity index is 555. The summed E-state index contributed by atoms with van der Waals surface area (Å²) in [5, 5.41) is 18.1. The molecule has 2 unspecified atom stereocenters. The Hall–Kier alpha value is -2.16. The molecule has 1 aromatic heterocycles. The van der Waals surface area contributed by atoms with Crippen molar-refractivity contribution in [3.8, 4) is 6.07 Å². The van der Waals surface area contributed by atoms with Crippen molar-refractivity contribution < 1.29 is 9.90 Å². The Morgan fingerprint density at radius 1 is 1.35 bits per heavy atom. The molecule has 2 atom stereocenters. The minimum atomic E-state index is -0.722. The van der Waals surface area contributed by atoms with Crippen molar-refractivity contribution in [1.29, 1.82) is 5.26 Å². The van der Waals surface area contributed by atoms with Crippen LogP contribution in [0.4, 0.5) is 5.82 Å². The summed E-state index contributed by atoms with van der Waals surface area (Å²) in [6, 6.07) is 2.68. The topological polar surface area (TPSA) is 90.1 Å². The zero-order valence-corrected chi connectivity index (χ0v) is 11.1. The smallest absolute Gasteiger partial charge is 0.303 e. The third-order valence-electron chi connectivity index (χ3n) is 4.32. The first-order valence-corrected chi connectivity index (χ1v) is 6.90. The highest BCUT2D eigenvalue weighted by Gasteiger charge is 2.42. The quantitative estimate of drug-likeness (QED) is 0.898. The van der Waals surface area contributed by atoms with Crippen molar-refractivity contribution in [2.45, 2.75) is 44.2 Å². The van der Waals surface area contributed by atoms with Gasteiger partial charge >= 0.3 is 5.97 Å². The van der Waals surface area contributed by atoms with Crippen molar-refractivity contribution in [3.63, 3.8) is 0 Å². The summed E-state index contributed by atoms with van der Waals surface area (Å²) in [7, 11) is 0. The molecule has 0 spiro atoms. The van der Waals surface area contributed by atoms with Crippen LogP contribution in [0.15, 0.2) is 12.4 Å². The van der Waals surface area contributed by atoms with Gasteiger partial charge in [-0.3, -0.25) is 4.79 Å². The van der Waals surface area contributed by atoms with Crippen LogP contribution in [0.3, 0.4) is 0 Å². The van der Waals surface area contributed by atoms with E-state index >= 15 is 0 Å². The first kappa shape index (κ1) is 12.9. The first-order chi connectivity index (χ1) is 9.69. The molecule has 0 amide bonds. The predicted molar refractivity (Wildman–Crippen MR) is 71.0 cm³/mol. The number of fused-ring (bicyclic) bond motifs is 2. The Morgan fingerprint density at radius 2 is 2.00 bits per heavy atom. The number of piperidine rings is 1. The van der Waals surface area contributed by atoms with Crippen molar-refractivity contribution >= 4 is 11.8 Å². The summed E-state index contributed by atoms with van der Waals surface area (Å²) >= 11 is 0. The summed E-state index contributed by atoms with van der Waals surface area (Å²) < 4.78 is 0. The second-order valence-electron chi connectivity index (χ2n) is 5.57. The molecule has 0 saturated carbocycles. The molecule has 2 fully saturated rings. The van der Waals surface area contributed by atoms with Crippen LogP contribution in [0, 0.1) is 17.2 Å². The number of aliphatic carboxylic acids is 1. The maximum Gasteiger partial charge on any atom is 0.303 e. The van der Waals surface area contributed by atoms with Crippen LogP contribution >= 0.6 is 0 Å². The first-order valence-electron chi connectivity index (χ1n) is 6.90. The van der Waals surface area contributed by atoms with Gasteiger partial charge in [0.1, 0.15) is 6.07 Å². The van der Waals surface area contributed by atoms with Gasteiger partial charge in [0.15, 0.2) is 11.5 Å². The van der Waals surface area contributed by atoms with Crippen LogP contribution in [-0.2, 0) is 4.79 Å². The lowest BCUT2D eigenvalue weighted by Gasteiger charge is -2.39. The SMILES string of the molecule is N#Cc1nccnc1N1C2CCC1CC(CC(=O)O)C2. The van der Waals surface area contributed by atoms with Crippen LogP contribution in [0.1, 0.15) is 37.8 Å². The van der Waals surface area contributed by atoms with E-state index in [0.717, 1.165) is 25.7 Å². The van der Waals surface area contributed by atoms with Gasteiger partial charge in [0.05, 0.1) is 0 Å². The van der Waals surface area contributed by atoms with Crippen molar-refractivity contribution in [1.82, 2.24) is 9.97 Å². The molecule has 20 heavy (non-hydrogen) atoms. The number of carboxylic acid groups (broad SMARTS) is 1. The third kappa shape index (κ3) is 2.20. The van der Waals surface area contributed by atoms with Gasteiger partial charge in [0.25, 0.3) is 0 Å². The largest absolute Gasteiger partial charge is 0.481 e. The molecule has 6 heteroatoms. The average molecular weight is 272 g/mol. The number of nitrogens with zero attached hydrogens (tertiary/aromatic N) is 4. The maximum absolute atomic E-state index is 10.9. The molecule has 2 aliphatic heterocycles. The van der Waals surface area contributed by atoms with Crippen molar-refractivity contribution in [3.05, 3.63) is 18.1 Å². The summed E-state index contributed by atoms with van der Waals surface area (Å²) in [4.78, 5) is 21.5. The van der Waals surface area contributed by atoms with Crippen molar-refractivity contribution in [2.24, 2.45) is 5.92 Å². The van der Waals surface area contributed by atoms with Crippen LogP contribution < -0.4 is 4.90 Å². The number of aromatic nitrogens is 2. The van der Waals surface area contributed by atoms with E-state index in [9.17, 15) is 4.79 Å². The number of rotatable bonds is 3. The minimum Gasteiger partial charge on any atom is -0.481 e.